The van der Waals surface area contributed by atoms with E-state index in [9.17, 15) is 13.0 Å². The summed E-state index contributed by atoms with van der Waals surface area (Å²) >= 11 is 0. The van der Waals surface area contributed by atoms with Gasteiger partial charge >= 0.3 is 0 Å². The molecule has 4 nitrogen and oxygen atoms in total. The van der Waals surface area contributed by atoms with Gasteiger partial charge in [0.2, 0.25) is 0 Å². The van der Waals surface area contributed by atoms with Crippen LogP contribution in [-0.2, 0) is 10.1 Å². The third kappa shape index (κ3) is 13.3. The molecule has 0 aromatic rings. The average molecular weight is 323 g/mol. The minimum absolute atomic E-state index is 0.287. The molecule has 0 fully saturated rings. The lowest BCUT2D eigenvalue weighted by atomic mass is 10.0. The van der Waals surface area contributed by atoms with Gasteiger partial charge in [-0.05, 0) is 26.2 Å². The molecule has 0 aromatic carbocycles. The lowest BCUT2D eigenvalue weighted by Crippen LogP contribution is -2.20. The number of rotatable bonds is 14. The van der Waals surface area contributed by atoms with Crippen LogP contribution in [0.1, 0.15) is 90.9 Å². The summed E-state index contributed by atoms with van der Waals surface area (Å²) in [6, 6.07) is 0. The second-order valence-corrected chi connectivity index (χ2v) is 7.88. The zero-order valence-electron chi connectivity index (χ0n) is 13.8. The highest BCUT2D eigenvalue weighted by molar-refractivity contribution is 7.86. The molecule has 0 saturated carbocycles. The minimum atomic E-state index is -3.92. The van der Waals surface area contributed by atoms with E-state index in [2.05, 4.69) is 6.92 Å². The van der Waals surface area contributed by atoms with E-state index in [1.807, 2.05) is 0 Å². The van der Waals surface area contributed by atoms with Gasteiger partial charge < -0.3 is 5.11 Å². The summed E-state index contributed by atoms with van der Waals surface area (Å²) in [5.74, 6) is 0. The van der Waals surface area contributed by atoms with Gasteiger partial charge in [0.1, 0.15) is 0 Å². The van der Waals surface area contributed by atoms with Crippen molar-refractivity contribution in [3.8, 4) is 0 Å². The topological polar surface area (TPSA) is 74.6 Å². The predicted octanol–water partition coefficient (Wildman–Crippen LogP) is 4.32. The second-order valence-electron chi connectivity index (χ2n) is 6.18. The highest BCUT2D eigenvalue weighted by atomic mass is 32.2. The van der Waals surface area contributed by atoms with Crippen LogP contribution in [0.3, 0.4) is 0 Å². The summed E-state index contributed by atoms with van der Waals surface area (Å²) < 4.78 is 32.1. The zero-order chi connectivity index (χ0) is 16.1. The predicted molar refractivity (Wildman–Crippen MR) is 88.1 cm³/mol. The van der Waals surface area contributed by atoms with Crippen molar-refractivity contribution in [3.05, 3.63) is 0 Å². The van der Waals surface area contributed by atoms with Crippen LogP contribution in [-0.4, -0.2) is 29.4 Å². The van der Waals surface area contributed by atoms with Crippen molar-refractivity contribution < 1.29 is 18.1 Å². The van der Waals surface area contributed by atoms with Gasteiger partial charge in [-0.15, -0.1) is 0 Å². The number of aliphatic hydroxyl groups is 1. The van der Waals surface area contributed by atoms with Crippen molar-refractivity contribution in [2.45, 2.75) is 102 Å². The standard InChI is InChI=1S/C16H34O4S/c1-3-4-5-6-7-10-13-16(21(18,19)20)14-11-8-9-12-15(2)17/h15-17H,3-14H2,1-2H3,(H,18,19,20). The molecule has 0 amide bonds. The van der Waals surface area contributed by atoms with Crippen LogP contribution < -0.4 is 0 Å². The van der Waals surface area contributed by atoms with Crippen LogP contribution in [0.5, 0.6) is 0 Å². The Labute approximate surface area is 131 Å². The Morgan fingerprint density at radius 2 is 1.24 bits per heavy atom. The molecule has 21 heavy (non-hydrogen) atoms. The summed E-state index contributed by atoms with van der Waals surface area (Å²) in [6.45, 7) is 3.94. The molecule has 0 aliphatic carbocycles. The number of unbranched alkanes of at least 4 members (excludes halogenated alkanes) is 7. The fourth-order valence-electron chi connectivity index (χ4n) is 2.58. The van der Waals surface area contributed by atoms with Gasteiger partial charge in [0.15, 0.2) is 0 Å². The Hall–Kier alpha value is -0.130. The Morgan fingerprint density at radius 3 is 1.71 bits per heavy atom. The van der Waals surface area contributed by atoms with E-state index in [1.54, 1.807) is 6.92 Å². The first kappa shape index (κ1) is 20.9. The molecule has 0 bridgehead atoms. The van der Waals surface area contributed by atoms with Gasteiger partial charge in [-0.3, -0.25) is 4.55 Å². The summed E-state index contributed by atoms with van der Waals surface area (Å²) in [5, 5.41) is 8.56. The summed E-state index contributed by atoms with van der Waals surface area (Å²) in [6.07, 6.45) is 10.9. The number of aliphatic hydroxyl groups excluding tert-OH is 1. The summed E-state index contributed by atoms with van der Waals surface area (Å²) in [7, 11) is -3.92. The van der Waals surface area contributed by atoms with Crippen molar-refractivity contribution >= 4 is 10.1 Å². The van der Waals surface area contributed by atoms with Gasteiger partial charge in [-0.25, -0.2) is 0 Å². The molecule has 2 atom stereocenters. The molecule has 0 aromatic heterocycles. The number of hydrogen-bond donors (Lipinski definition) is 2. The fraction of sp³-hybridized carbons (Fsp3) is 1.00. The molecular weight excluding hydrogens is 288 g/mol. The van der Waals surface area contributed by atoms with E-state index in [-0.39, 0.29) is 6.10 Å². The largest absolute Gasteiger partial charge is 0.393 e. The molecule has 0 saturated heterocycles. The van der Waals surface area contributed by atoms with E-state index in [4.69, 9.17) is 5.11 Å². The Bertz CT molecular complexity index is 325. The van der Waals surface area contributed by atoms with Crippen LogP contribution in [0.4, 0.5) is 0 Å². The average Bonchev–Trinajstić information content (AvgIpc) is 2.38. The zero-order valence-corrected chi connectivity index (χ0v) is 14.6. The Morgan fingerprint density at radius 1 is 0.810 bits per heavy atom. The van der Waals surface area contributed by atoms with Crippen LogP contribution in [0.25, 0.3) is 0 Å². The normalized spacial score (nSPS) is 15.0. The van der Waals surface area contributed by atoms with E-state index >= 15 is 0 Å². The molecule has 0 radical (unpaired) electrons. The van der Waals surface area contributed by atoms with E-state index in [0.717, 1.165) is 44.9 Å². The van der Waals surface area contributed by atoms with Gasteiger partial charge in [-0.1, -0.05) is 64.7 Å². The van der Waals surface area contributed by atoms with Gasteiger partial charge in [0.25, 0.3) is 10.1 Å². The molecule has 128 valence electrons. The molecule has 2 N–H and O–H groups in total. The maximum atomic E-state index is 11.4. The molecule has 0 spiro atoms. The summed E-state index contributed by atoms with van der Waals surface area (Å²) in [4.78, 5) is 0. The molecule has 0 rings (SSSR count). The van der Waals surface area contributed by atoms with Crippen molar-refractivity contribution in [1.82, 2.24) is 0 Å². The molecule has 0 heterocycles. The lowest BCUT2D eigenvalue weighted by Gasteiger charge is -2.14. The first-order valence-corrected chi connectivity index (χ1v) is 10.0. The quantitative estimate of drug-likeness (QED) is 0.369. The van der Waals surface area contributed by atoms with Gasteiger partial charge in [0.05, 0.1) is 11.4 Å². The molecule has 2 unspecified atom stereocenters. The highest BCUT2D eigenvalue weighted by Crippen LogP contribution is 2.19. The van der Waals surface area contributed by atoms with Crippen molar-refractivity contribution in [1.29, 1.82) is 0 Å². The van der Waals surface area contributed by atoms with Crippen molar-refractivity contribution in [3.63, 3.8) is 0 Å². The van der Waals surface area contributed by atoms with Crippen molar-refractivity contribution in [2.75, 3.05) is 0 Å². The van der Waals surface area contributed by atoms with E-state index in [0.29, 0.717) is 12.8 Å². The fourth-order valence-corrected chi connectivity index (χ4v) is 3.51. The molecule has 5 heteroatoms. The lowest BCUT2D eigenvalue weighted by molar-refractivity contribution is 0.180. The summed E-state index contributed by atoms with van der Waals surface area (Å²) in [5.41, 5.74) is 0. The molecular formula is C16H34O4S. The van der Waals surface area contributed by atoms with Crippen LogP contribution in [0, 0.1) is 0 Å². The second kappa shape index (κ2) is 12.4. The highest BCUT2D eigenvalue weighted by Gasteiger charge is 2.21. The first-order chi connectivity index (χ1) is 9.88. The van der Waals surface area contributed by atoms with E-state index in [1.165, 1.54) is 19.3 Å². The van der Waals surface area contributed by atoms with Crippen LogP contribution >= 0.6 is 0 Å². The maximum absolute atomic E-state index is 11.4. The van der Waals surface area contributed by atoms with Gasteiger partial charge in [0, 0.05) is 0 Å². The Balaban J connectivity index is 3.84. The van der Waals surface area contributed by atoms with Crippen LogP contribution in [0.2, 0.25) is 0 Å². The maximum Gasteiger partial charge on any atom is 0.267 e. The smallest absolute Gasteiger partial charge is 0.267 e. The third-order valence-corrected chi connectivity index (χ3v) is 5.26. The molecule has 0 aliphatic rings. The Kier molecular flexibility index (Phi) is 12.3. The van der Waals surface area contributed by atoms with Crippen molar-refractivity contribution in [2.24, 2.45) is 0 Å². The first-order valence-electron chi connectivity index (χ1n) is 8.52. The van der Waals surface area contributed by atoms with Gasteiger partial charge in [-0.2, -0.15) is 8.42 Å². The van der Waals surface area contributed by atoms with E-state index < -0.39 is 15.4 Å². The monoisotopic (exact) mass is 322 g/mol. The van der Waals surface area contributed by atoms with Crippen LogP contribution in [0.15, 0.2) is 0 Å². The SMILES string of the molecule is CCCCCCCCC(CCCCCC(C)O)S(=O)(=O)O. The number of hydrogen-bond acceptors (Lipinski definition) is 3. The molecule has 0 aliphatic heterocycles. The third-order valence-electron chi connectivity index (χ3n) is 3.95. The minimum Gasteiger partial charge on any atom is -0.393 e.